The molecule has 1 heterocycles. The van der Waals surface area contributed by atoms with Gasteiger partial charge in [-0.05, 0) is 19.1 Å². The molecule has 1 saturated heterocycles. The summed E-state index contributed by atoms with van der Waals surface area (Å²) in [6.45, 7) is 2.82. The highest BCUT2D eigenvalue weighted by atomic mass is 35.5. The molecule has 0 unspecified atom stereocenters. The van der Waals surface area contributed by atoms with E-state index in [-0.39, 0.29) is 17.2 Å². The van der Waals surface area contributed by atoms with Crippen LogP contribution in [0.15, 0.2) is 29.4 Å². The van der Waals surface area contributed by atoms with E-state index in [1.807, 2.05) is 0 Å². The minimum absolute atomic E-state index is 0.0713. The number of ether oxygens (including phenoxy) is 2. The summed E-state index contributed by atoms with van der Waals surface area (Å²) in [6, 6.07) is 5.85. The first-order valence-corrected chi connectivity index (χ1v) is 7.55. The number of hydrogen-bond acceptors (Lipinski definition) is 5. The van der Waals surface area contributed by atoms with Gasteiger partial charge in [0.05, 0.1) is 32.9 Å². The molecule has 2 rings (SSSR count). The molecule has 1 aliphatic rings. The lowest BCUT2D eigenvalue weighted by molar-refractivity contribution is -0.162. The first-order valence-electron chi connectivity index (χ1n) is 7.18. The summed E-state index contributed by atoms with van der Waals surface area (Å²) >= 11 is 5.87. The van der Waals surface area contributed by atoms with E-state index in [1.165, 1.54) is 30.1 Å². The van der Waals surface area contributed by atoms with Gasteiger partial charge < -0.3 is 9.47 Å². The quantitative estimate of drug-likeness (QED) is 0.607. The molecule has 0 N–H and O–H groups in total. The minimum Gasteiger partial charge on any atom is -0.461 e. The SMILES string of the molecule is CCOC(=O)C(F)(F)/C(=N/N1CCOCC1)c1cccc(Cl)c1. The van der Waals surface area contributed by atoms with Crippen molar-refractivity contribution in [1.29, 1.82) is 0 Å². The standard InChI is InChI=1S/C15H17ClF2N2O3/c1-2-23-14(21)15(17,18)13(11-4-3-5-12(16)10-11)19-20-6-8-22-9-7-20/h3-5,10H,2,6-9H2,1H3/b19-13+. The van der Waals surface area contributed by atoms with Crippen molar-refractivity contribution in [2.75, 3.05) is 32.9 Å². The third kappa shape index (κ3) is 4.39. The smallest absolute Gasteiger partial charge is 0.386 e. The molecule has 0 aromatic heterocycles. The van der Waals surface area contributed by atoms with Crippen LogP contribution in [0.3, 0.4) is 0 Å². The Morgan fingerprint density at radius 2 is 2.13 bits per heavy atom. The molecule has 126 valence electrons. The van der Waals surface area contributed by atoms with Gasteiger partial charge in [0.25, 0.3) is 0 Å². The molecule has 5 nitrogen and oxygen atoms in total. The van der Waals surface area contributed by atoms with Crippen molar-refractivity contribution in [1.82, 2.24) is 5.01 Å². The third-order valence-electron chi connectivity index (χ3n) is 3.16. The maximum atomic E-state index is 14.5. The van der Waals surface area contributed by atoms with Crippen molar-refractivity contribution in [3.8, 4) is 0 Å². The third-order valence-corrected chi connectivity index (χ3v) is 3.39. The lowest BCUT2D eigenvalue weighted by Crippen LogP contribution is -2.43. The molecule has 0 spiro atoms. The van der Waals surface area contributed by atoms with E-state index in [0.29, 0.717) is 26.3 Å². The summed E-state index contributed by atoms with van der Waals surface area (Å²) in [5, 5.41) is 5.71. The molecule has 0 aliphatic carbocycles. The van der Waals surface area contributed by atoms with Crippen molar-refractivity contribution in [3.05, 3.63) is 34.9 Å². The Hall–Kier alpha value is -1.73. The van der Waals surface area contributed by atoms with Gasteiger partial charge in [-0.25, -0.2) is 4.79 Å². The van der Waals surface area contributed by atoms with Crippen molar-refractivity contribution in [2.45, 2.75) is 12.8 Å². The molecule has 0 atom stereocenters. The summed E-state index contributed by atoms with van der Waals surface area (Å²) in [6.07, 6.45) is 0. The topological polar surface area (TPSA) is 51.1 Å². The summed E-state index contributed by atoms with van der Waals surface area (Å²) in [5.74, 6) is -5.51. The van der Waals surface area contributed by atoms with Crippen molar-refractivity contribution >= 4 is 23.3 Å². The molecule has 1 aromatic rings. The molecule has 0 radical (unpaired) electrons. The van der Waals surface area contributed by atoms with E-state index in [2.05, 4.69) is 9.84 Å². The largest absolute Gasteiger partial charge is 0.461 e. The van der Waals surface area contributed by atoms with E-state index in [1.54, 1.807) is 6.07 Å². The Morgan fingerprint density at radius 3 is 2.74 bits per heavy atom. The second kappa shape index (κ2) is 7.70. The Balaban J connectivity index is 2.42. The van der Waals surface area contributed by atoms with Gasteiger partial charge in [0, 0.05) is 10.6 Å². The van der Waals surface area contributed by atoms with Crippen LogP contribution in [0.1, 0.15) is 12.5 Å². The van der Waals surface area contributed by atoms with Crippen LogP contribution < -0.4 is 0 Å². The van der Waals surface area contributed by atoms with Crippen LogP contribution in [-0.2, 0) is 14.3 Å². The molecule has 8 heteroatoms. The fourth-order valence-electron chi connectivity index (χ4n) is 2.05. The summed E-state index contributed by atoms with van der Waals surface area (Å²) in [4.78, 5) is 11.7. The molecule has 0 saturated carbocycles. The number of esters is 1. The zero-order chi connectivity index (χ0) is 16.9. The van der Waals surface area contributed by atoms with Crippen LogP contribution in [0.4, 0.5) is 8.78 Å². The van der Waals surface area contributed by atoms with E-state index in [0.717, 1.165) is 0 Å². The van der Waals surface area contributed by atoms with E-state index >= 15 is 0 Å². The molecular weight excluding hydrogens is 330 g/mol. The van der Waals surface area contributed by atoms with Gasteiger partial charge in [-0.1, -0.05) is 23.7 Å². The zero-order valence-electron chi connectivity index (χ0n) is 12.6. The molecule has 23 heavy (non-hydrogen) atoms. The summed E-state index contributed by atoms with van der Waals surface area (Å²) in [7, 11) is 0. The zero-order valence-corrected chi connectivity index (χ0v) is 13.4. The lowest BCUT2D eigenvalue weighted by Gasteiger charge is -2.26. The number of morpholine rings is 1. The number of carbonyl (C=O) groups is 1. The maximum absolute atomic E-state index is 14.5. The van der Waals surface area contributed by atoms with E-state index in [9.17, 15) is 13.6 Å². The average molecular weight is 347 g/mol. The average Bonchev–Trinajstić information content (AvgIpc) is 2.53. The van der Waals surface area contributed by atoms with Gasteiger partial charge in [-0.3, -0.25) is 5.01 Å². The van der Waals surface area contributed by atoms with Gasteiger partial charge in [-0.15, -0.1) is 0 Å². The molecule has 1 aromatic carbocycles. The Kier molecular flexibility index (Phi) is 5.90. The predicted molar refractivity (Wildman–Crippen MR) is 82.0 cm³/mol. The van der Waals surface area contributed by atoms with Crippen LogP contribution in [0, 0.1) is 0 Å². The van der Waals surface area contributed by atoms with Crippen molar-refractivity contribution in [3.63, 3.8) is 0 Å². The summed E-state index contributed by atoms with van der Waals surface area (Å²) < 4.78 is 38.7. The predicted octanol–water partition coefficient (Wildman–Crippen LogP) is 2.57. The van der Waals surface area contributed by atoms with Crippen molar-refractivity contribution in [2.24, 2.45) is 5.10 Å². The Bertz CT molecular complexity index is 590. The number of carbonyl (C=O) groups excluding carboxylic acids is 1. The fourth-order valence-corrected chi connectivity index (χ4v) is 2.24. The molecule has 1 aliphatic heterocycles. The van der Waals surface area contributed by atoms with E-state index < -0.39 is 17.6 Å². The van der Waals surface area contributed by atoms with Crippen LogP contribution in [-0.4, -0.2) is 55.5 Å². The van der Waals surface area contributed by atoms with Gasteiger partial charge in [0.1, 0.15) is 5.71 Å². The number of nitrogens with zero attached hydrogens (tertiary/aromatic N) is 2. The van der Waals surface area contributed by atoms with Gasteiger partial charge in [-0.2, -0.15) is 13.9 Å². The minimum atomic E-state index is -3.88. The molecular formula is C15H17ClF2N2O3. The lowest BCUT2D eigenvalue weighted by atomic mass is 10.0. The number of hydrogen-bond donors (Lipinski definition) is 0. The van der Waals surface area contributed by atoms with Gasteiger partial charge >= 0.3 is 11.9 Å². The van der Waals surface area contributed by atoms with Crippen molar-refractivity contribution < 1.29 is 23.0 Å². The highest BCUT2D eigenvalue weighted by Crippen LogP contribution is 2.25. The number of benzene rings is 1. The number of halogens is 3. The van der Waals surface area contributed by atoms with Crippen LogP contribution in [0.2, 0.25) is 5.02 Å². The number of hydrazone groups is 1. The van der Waals surface area contributed by atoms with E-state index in [4.69, 9.17) is 16.3 Å². The monoisotopic (exact) mass is 346 g/mol. The van der Waals surface area contributed by atoms with Crippen LogP contribution >= 0.6 is 11.6 Å². The summed E-state index contributed by atoms with van der Waals surface area (Å²) in [5.41, 5.74) is -0.609. The fraction of sp³-hybridized carbons (Fsp3) is 0.467. The normalized spacial score (nSPS) is 16.3. The first-order chi connectivity index (χ1) is 10.9. The maximum Gasteiger partial charge on any atom is 0.386 e. The highest BCUT2D eigenvalue weighted by Gasteiger charge is 2.47. The second-order valence-electron chi connectivity index (χ2n) is 4.82. The second-order valence-corrected chi connectivity index (χ2v) is 5.26. The Labute approximate surface area is 137 Å². The highest BCUT2D eigenvalue weighted by molar-refractivity contribution is 6.31. The number of alkyl halides is 2. The molecule has 1 fully saturated rings. The molecule has 0 bridgehead atoms. The van der Waals surface area contributed by atoms with Gasteiger partial charge in [0.2, 0.25) is 0 Å². The molecule has 0 amide bonds. The van der Waals surface area contributed by atoms with Gasteiger partial charge in [0.15, 0.2) is 0 Å². The van der Waals surface area contributed by atoms with Crippen LogP contribution in [0.25, 0.3) is 0 Å². The van der Waals surface area contributed by atoms with Crippen LogP contribution in [0.5, 0.6) is 0 Å². The Morgan fingerprint density at radius 1 is 1.43 bits per heavy atom. The first kappa shape index (κ1) is 17.6. The number of rotatable bonds is 5.